The lowest BCUT2D eigenvalue weighted by atomic mass is 9.86. The minimum atomic E-state index is 0.409. The first kappa shape index (κ1) is 15.2. The summed E-state index contributed by atoms with van der Waals surface area (Å²) in [5.74, 6) is 0. The number of hydrogen-bond acceptors (Lipinski definition) is 1. The molecule has 0 aliphatic rings. The summed E-state index contributed by atoms with van der Waals surface area (Å²) in [6, 6.07) is 7.30. The molecule has 0 aromatic heterocycles. The highest BCUT2D eigenvalue weighted by atomic mass is 14.9. The zero-order valence-corrected chi connectivity index (χ0v) is 12.9. The van der Waals surface area contributed by atoms with E-state index in [1.165, 1.54) is 29.5 Å². The Morgan fingerprint density at radius 1 is 1.17 bits per heavy atom. The number of aryl methyl sites for hydroxylation is 2. The van der Waals surface area contributed by atoms with E-state index in [0.717, 1.165) is 6.54 Å². The highest BCUT2D eigenvalue weighted by molar-refractivity contribution is 5.32. The van der Waals surface area contributed by atoms with Gasteiger partial charge in [-0.1, -0.05) is 51.5 Å². The zero-order valence-electron chi connectivity index (χ0n) is 12.9. The van der Waals surface area contributed by atoms with Gasteiger partial charge in [0.2, 0.25) is 0 Å². The van der Waals surface area contributed by atoms with Gasteiger partial charge in [-0.05, 0) is 49.8 Å². The third kappa shape index (κ3) is 4.81. The minimum absolute atomic E-state index is 0.409. The Kier molecular flexibility index (Phi) is 5.40. The van der Waals surface area contributed by atoms with E-state index in [2.05, 4.69) is 65.1 Å². The van der Waals surface area contributed by atoms with Crippen LogP contribution in [0.4, 0.5) is 0 Å². The van der Waals surface area contributed by atoms with Gasteiger partial charge < -0.3 is 5.32 Å². The van der Waals surface area contributed by atoms with Crippen molar-refractivity contribution in [1.82, 2.24) is 5.32 Å². The van der Waals surface area contributed by atoms with Gasteiger partial charge >= 0.3 is 0 Å². The van der Waals surface area contributed by atoms with Gasteiger partial charge in [0.25, 0.3) is 0 Å². The molecule has 1 nitrogen and oxygen atoms in total. The van der Waals surface area contributed by atoms with Crippen molar-refractivity contribution in [1.29, 1.82) is 0 Å². The van der Waals surface area contributed by atoms with E-state index in [-0.39, 0.29) is 0 Å². The smallest absolute Gasteiger partial charge is 0.0322 e. The first-order valence-corrected chi connectivity index (χ1v) is 7.14. The number of hydrogen-bond donors (Lipinski definition) is 1. The van der Waals surface area contributed by atoms with Crippen LogP contribution in [0.1, 0.15) is 63.3 Å². The molecule has 1 N–H and O–H groups in total. The molecule has 1 atom stereocenters. The highest BCUT2D eigenvalue weighted by Crippen LogP contribution is 2.29. The van der Waals surface area contributed by atoms with Gasteiger partial charge in [-0.3, -0.25) is 0 Å². The van der Waals surface area contributed by atoms with Crippen molar-refractivity contribution in [2.24, 2.45) is 5.41 Å². The molecular weight excluding hydrogens is 218 g/mol. The maximum atomic E-state index is 3.63. The van der Waals surface area contributed by atoms with Crippen LogP contribution in [0.5, 0.6) is 0 Å². The van der Waals surface area contributed by atoms with Crippen molar-refractivity contribution in [3.05, 3.63) is 34.9 Å². The second kappa shape index (κ2) is 6.38. The first-order chi connectivity index (χ1) is 8.33. The van der Waals surface area contributed by atoms with Crippen LogP contribution >= 0.6 is 0 Å². The van der Waals surface area contributed by atoms with Crippen molar-refractivity contribution in [3.63, 3.8) is 0 Å². The van der Waals surface area contributed by atoms with Gasteiger partial charge in [-0.15, -0.1) is 0 Å². The monoisotopic (exact) mass is 247 g/mol. The molecule has 1 rings (SSSR count). The molecule has 102 valence electrons. The Labute approximate surface area is 113 Å². The largest absolute Gasteiger partial charge is 0.310 e. The average molecular weight is 247 g/mol. The maximum Gasteiger partial charge on any atom is 0.0322 e. The lowest BCUT2D eigenvalue weighted by molar-refractivity contribution is 0.333. The minimum Gasteiger partial charge on any atom is -0.310 e. The van der Waals surface area contributed by atoms with E-state index in [1.807, 2.05) is 0 Å². The van der Waals surface area contributed by atoms with Gasteiger partial charge in [-0.25, -0.2) is 0 Å². The van der Waals surface area contributed by atoms with E-state index in [4.69, 9.17) is 0 Å². The fraction of sp³-hybridized carbons (Fsp3) is 0.647. The summed E-state index contributed by atoms with van der Waals surface area (Å²) < 4.78 is 0. The summed E-state index contributed by atoms with van der Waals surface area (Å²) >= 11 is 0. The molecule has 0 spiro atoms. The van der Waals surface area contributed by atoms with E-state index in [9.17, 15) is 0 Å². The second-order valence-corrected chi connectivity index (χ2v) is 6.57. The van der Waals surface area contributed by atoms with Crippen LogP contribution < -0.4 is 5.32 Å². The molecule has 0 amide bonds. The lowest BCUT2D eigenvalue weighted by Crippen LogP contribution is -2.23. The van der Waals surface area contributed by atoms with Crippen LogP contribution in [0, 0.1) is 19.3 Å². The molecule has 1 unspecified atom stereocenters. The third-order valence-corrected chi connectivity index (χ3v) is 3.43. The normalized spacial score (nSPS) is 13.7. The predicted octanol–water partition coefficient (Wildman–Crippen LogP) is 4.78. The molecule has 0 aliphatic carbocycles. The van der Waals surface area contributed by atoms with E-state index in [0.29, 0.717) is 11.5 Å². The topological polar surface area (TPSA) is 12.0 Å². The molecule has 0 radical (unpaired) electrons. The van der Waals surface area contributed by atoms with Gasteiger partial charge in [0.15, 0.2) is 0 Å². The van der Waals surface area contributed by atoms with E-state index >= 15 is 0 Å². The Hall–Kier alpha value is -0.820. The van der Waals surface area contributed by atoms with Crippen molar-refractivity contribution in [3.8, 4) is 0 Å². The van der Waals surface area contributed by atoms with Crippen LogP contribution in [0.15, 0.2) is 18.2 Å². The lowest BCUT2D eigenvalue weighted by Gasteiger charge is -2.25. The SMILES string of the molecule is CCNC(CCC(C)(C)C)c1ccc(C)cc1C. The maximum absolute atomic E-state index is 3.63. The molecule has 18 heavy (non-hydrogen) atoms. The second-order valence-electron chi connectivity index (χ2n) is 6.57. The Morgan fingerprint density at radius 2 is 1.83 bits per heavy atom. The molecule has 0 bridgehead atoms. The molecule has 1 heteroatoms. The molecule has 0 heterocycles. The summed E-state index contributed by atoms with van der Waals surface area (Å²) in [6.07, 6.45) is 2.46. The molecular formula is C17H29N. The first-order valence-electron chi connectivity index (χ1n) is 7.14. The predicted molar refractivity (Wildman–Crippen MR) is 81.0 cm³/mol. The van der Waals surface area contributed by atoms with Crippen LogP contribution in [-0.4, -0.2) is 6.54 Å². The molecule has 0 fully saturated rings. The number of rotatable bonds is 5. The fourth-order valence-electron chi connectivity index (χ4n) is 2.41. The van der Waals surface area contributed by atoms with Gasteiger partial charge in [-0.2, -0.15) is 0 Å². The van der Waals surface area contributed by atoms with Crippen molar-refractivity contribution in [2.45, 2.75) is 60.4 Å². The Balaban J connectivity index is 2.83. The van der Waals surface area contributed by atoms with E-state index in [1.54, 1.807) is 0 Å². The van der Waals surface area contributed by atoms with Gasteiger partial charge in [0.05, 0.1) is 0 Å². The molecule has 0 saturated carbocycles. The summed E-state index contributed by atoms with van der Waals surface area (Å²) in [4.78, 5) is 0. The molecule has 1 aromatic carbocycles. The molecule has 0 saturated heterocycles. The van der Waals surface area contributed by atoms with Crippen molar-refractivity contribution < 1.29 is 0 Å². The standard InChI is InChI=1S/C17H29N/c1-7-18-16(10-11-17(4,5)6)15-9-8-13(2)12-14(15)3/h8-9,12,16,18H,7,10-11H2,1-6H3. The highest BCUT2D eigenvalue weighted by Gasteiger charge is 2.17. The summed E-state index contributed by atoms with van der Waals surface area (Å²) in [6.45, 7) is 14.6. The molecule has 0 aliphatic heterocycles. The van der Waals surface area contributed by atoms with Crippen molar-refractivity contribution >= 4 is 0 Å². The Bertz CT molecular complexity index is 374. The average Bonchev–Trinajstić information content (AvgIpc) is 2.24. The summed E-state index contributed by atoms with van der Waals surface area (Å²) in [5.41, 5.74) is 4.63. The van der Waals surface area contributed by atoms with Crippen LogP contribution in [0.25, 0.3) is 0 Å². The third-order valence-electron chi connectivity index (χ3n) is 3.43. The van der Waals surface area contributed by atoms with Gasteiger partial charge in [0, 0.05) is 6.04 Å². The van der Waals surface area contributed by atoms with Crippen LogP contribution in [0.2, 0.25) is 0 Å². The fourth-order valence-corrected chi connectivity index (χ4v) is 2.41. The van der Waals surface area contributed by atoms with Crippen LogP contribution in [-0.2, 0) is 0 Å². The number of nitrogens with one attached hydrogen (secondary N) is 1. The quantitative estimate of drug-likeness (QED) is 0.789. The summed E-state index contributed by atoms with van der Waals surface area (Å²) in [7, 11) is 0. The molecule has 1 aromatic rings. The summed E-state index contributed by atoms with van der Waals surface area (Å²) in [5, 5.41) is 3.63. The Morgan fingerprint density at radius 3 is 2.33 bits per heavy atom. The van der Waals surface area contributed by atoms with Crippen LogP contribution in [0.3, 0.4) is 0 Å². The van der Waals surface area contributed by atoms with Gasteiger partial charge in [0.1, 0.15) is 0 Å². The zero-order chi connectivity index (χ0) is 13.8. The number of benzene rings is 1. The van der Waals surface area contributed by atoms with E-state index < -0.39 is 0 Å². The van der Waals surface area contributed by atoms with Crippen molar-refractivity contribution in [2.75, 3.05) is 6.54 Å².